The molecule has 0 spiro atoms. The monoisotopic (exact) mass is 297 g/mol. The van der Waals surface area contributed by atoms with Gasteiger partial charge >= 0.3 is 0 Å². The molecule has 1 aliphatic rings. The maximum atomic E-state index is 12.4. The molecular weight excluding hydrogens is 282 g/mol. The summed E-state index contributed by atoms with van der Waals surface area (Å²) >= 11 is 5.83. The van der Waals surface area contributed by atoms with Gasteiger partial charge in [0.15, 0.2) is 0 Å². The molecule has 1 aromatic rings. The Bertz CT molecular complexity index is 542. The third-order valence-corrected chi connectivity index (χ3v) is 4.11. The van der Waals surface area contributed by atoms with Crippen molar-refractivity contribution in [3.8, 4) is 0 Å². The van der Waals surface area contributed by atoms with E-state index in [-0.39, 0.29) is 16.6 Å². The number of hydrogen-bond acceptors (Lipinski definition) is 4. The number of nitro groups is 1. The van der Waals surface area contributed by atoms with Gasteiger partial charge in [0.1, 0.15) is 5.02 Å². The summed E-state index contributed by atoms with van der Waals surface area (Å²) in [5.74, 6) is -0.0741. The number of anilines is 1. The van der Waals surface area contributed by atoms with Crippen molar-refractivity contribution in [2.45, 2.75) is 19.8 Å². The van der Waals surface area contributed by atoms with E-state index in [1.165, 1.54) is 18.2 Å². The third-order valence-electron chi connectivity index (χ3n) is 3.80. The smallest absolute Gasteiger partial charge is 0.288 e. The molecule has 1 fully saturated rings. The van der Waals surface area contributed by atoms with Gasteiger partial charge in [0, 0.05) is 18.3 Å². The van der Waals surface area contributed by atoms with Crippen LogP contribution >= 0.6 is 11.6 Å². The van der Waals surface area contributed by atoms with Crippen LogP contribution in [0.25, 0.3) is 0 Å². The summed E-state index contributed by atoms with van der Waals surface area (Å²) in [6.45, 7) is 3.45. The molecule has 1 aliphatic heterocycles. The minimum absolute atomic E-state index is 0.0166. The third kappa shape index (κ3) is 2.76. The molecule has 0 saturated carbocycles. The molecule has 0 bridgehead atoms. The molecule has 1 heterocycles. The second-order valence-electron chi connectivity index (χ2n) is 4.94. The Hall–Kier alpha value is -1.66. The number of benzene rings is 1. The number of carbonyl (C=O) groups excluding carboxylic acids is 1. The van der Waals surface area contributed by atoms with Crippen molar-refractivity contribution in [2.75, 3.05) is 18.4 Å². The van der Waals surface area contributed by atoms with Gasteiger partial charge in [0.05, 0.1) is 10.3 Å². The van der Waals surface area contributed by atoms with Gasteiger partial charge in [0.25, 0.3) is 5.69 Å². The Labute approximate surface area is 121 Å². The molecule has 2 N–H and O–H groups in total. The highest BCUT2D eigenvalue weighted by Crippen LogP contribution is 2.32. The highest BCUT2D eigenvalue weighted by atomic mass is 35.5. The lowest BCUT2D eigenvalue weighted by atomic mass is 9.83. The Morgan fingerprint density at radius 3 is 2.85 bits per heavy atom. The van der Waals surface area contributed by atoms with Gasteiger partial charge in [-0.2, -0.15) is 0 Å². The standard InChI is InChI=1S/C13H16ClN3O3/c1-2-13(5-6-15-8-13)12(18)16-9-3-4-11(17(19)20)10(14)7-9/h3-4,7,15H,2,5-6,8H2,1H3,(H,16,18). The zero-order valence-electron chi connectivity index (χ0n) is 11.1. The van der Waals surface area contributed by atoms with E-state index in [9.17, 15) is 14.9 Å². The van der Waals surface area contributed by atoms with E-state index in [1.54, 1.807) is 0 Å². The Balaban J connectivity index is 2.16. The van der Waals surface area contributed by atoms with Gasteiger partial charge in [-0.1, -0.05) is 18.5 Å². The predicted octanol–water partition coefficient (Wildman–Crippen LogP) is 2.58. The maximum Gasteiger partial charge on any atom is 0.288 e. The van der Waals surface area contributed by atoms with E-state index in [0.29, 0.717) is 12.2 Å². The molecule has 0 radical (unpaired) electrons. The van der Waals surface area contributed by atoms with Gasteiger partial charge in [-0.25, -0.2) is 0 Å². The quantitative estimate of drug-likeness (QED) is 0.661. The summed E-state index contributed by atoms with van der Waals surface area (Å²) in [6, 6.07) is 4.19. The fourth-order valence-corrected chi connectivity index (χ4v) is 2.65. The van der Waals surface area contributed by atoms with Crippen molar-refractivity contribution in [3.05, 3.63) is 33.3 Å². The zero-order valence-corrected chi connectivity index (χ0v) is 11.9. The molecule has 1 unspecified atom stereocenters. The molecule has 0 aromatic heterocycles. The Kier molecular flexibility index (Phi) is 4.25. The van der Waals surface area contributed by atoms with Crippen LogP contribution in [0.2, 0.25) is 5.02 Å². The van der Waals surface area contributed by atoms with Crippen molar-refractivity contribution in [1.29, 1.82) is 0 Å². The van der Waals surface area contributed by atoms with Crippen molar-refractivity contribution >= 4 is 28.9 Å². The summed E-state index contributed by atoms with van der Waals surface area (Å²) in [7, 11) is 0. The fourth-order valence-electron chi connectivity index (χ4n) is 2.40. The van der Waals surface area contributed by atoms with Gasteiger partial charge in [0.2, 0.25) is 5.91 Å². The average molecular weight is 298 g/mol. The largest absolute Gasteiger partial charge is 0.326 e. The fraction of sp³-hybridized carbons (Fsp3) is 0.462. The summed E-state index contributed by atoms with van der Waals surface area (Å²) in [5.41, 5.74) is -0.100. The van der Waals surface area contributed by atoms with Crippen LogP contribution in [-0.4, -0.2) is 23.9 Å². The van der Waals surface area contributed by atoms with E-state index in [1.807, 2.05) is 6.92 Å². The molecule has 0 aliphatic carbocycles. The lowest BCUT2D eigenvalue weighted by Crippen LogP contribution is -2.37. The van der Waals surface area contributed by atoms with Gasteiger partial charge in [-0.05, 0) is 31.5 Å². The normalized spacial score (nSPS) is 21.7. The van der Waals surface area contributed by atoms with Gasteiger partial charge in [-0.3, -0.25) is 14.9 Å². The van der Waals surface area contributed by atoms with E-state index in [4.69, 9.17) is 11.6 Å². The highest BCUT2D eigenvalue weighted by Gasteiger charge is 2.39. The van der Waals surface area contributed by atoms with Crippen molar-refractivity contribution < 1.29 is 9.72 Å². The number of nitrogens with one attached hydrogen (secondary N) is 2. The number of rotatable bonds is 4. The van der Waals surface area contributed by atoms with Crippen molar-refractivity contribution in [2.24, 2.45) is 5.41 Å². The van der Waals surface area contributed by atoms with Crippen LogP contribution in [-0.2, 0) is 4.79 Å². The molecule has 108 valence electrons. The number of carbonyl (C=O) groups is 1. The van der Waals surface area contributed by atoms with Crippen molar-refractivity contribution in [1.82, 2.24) is 5.32 Å². The highest BCUT2D eigenvalue weighted by molar-refractivity contribution is 6.33. The molecule has 1 atom stereocenters. The lowest BCUT2D eigenvalue weighted by Gasteiger charge is -2.25. The Morgan fingerprint density at radius 1 is 1.60 bits per heavy atom. The first-order chi connectivity index (χ1) is 9.48. The summed E-state index contributed by atoms with van der Waals surface area (Å²) in [6.07, 6.45) is 1.53. The first-order valence-corrected chi connectivity index (χ1v) is 6.82. The van der Waals surface area contributed by atoms with Gasteiger partial charge in [-0.15, -0.1) is 0 Å². The lowest BCUT2D eigenvalue weighted by molar-refractivity contribution is -0.384. The van der Waals surface area contributed by atoms with E-state index >= 15 is 0 Å². The first kappa shape index (κ1) is 14.7. The topological polar surface area (TPSA) is 84.3 Å². The summed E-state index contributed by atoms with van der Waals surface area (Å²) in [4.78, 5) is 22.5. The van der Waals surface area contributed by atoms with Crippen LogP contribution in [0.5, 0.6) is 0 Å². The van der Waals surface area contributed by atoms with E-state index < -0.39 is 10.3 Å². The molecule has 7 heteroatoms. The molecule has 6 nitrogen and oxygen atoms in total. The van der Waals surface area contributed by atoms with Crippen LogP contribution in [0.15, 0.2) is 18.2 Å². The van der Waals surface area contributed by atoms with Crippen LogP contribution in [0.1, 0.15) is 19.8 Å². The average Bonchev–Trinajstić information content (AvgIpc) is 2.88. The minimum Gasteiger partial charge on any atom is -0.326 e. The number of halogens is 1. The van der Waals surface area contributed by atoms with Crippen LogP contribution in [0, 0.1) is 15.5 Å². The maximum absolute atomic E-state index is 12.4. The molecule has 2 rings (SSSR count). The minimum atomic E-state index is -0.553. The first-order valence-electron chi connectivity index (χ1n) is 6.44. The van der Waals surface area contributed by atoms with Crippen molar-refractivity contribution in [3.63, 3.8) is 0 Å². The molecule has 1 aromatic carbocycles. The molecule has 20 heavy (non-hydrogen) atoms. The Morgan fingerprint density at radius 2 is 2.35 bits per heavy atom. The zero-order chi connectivity index (χ0) is 14.8. The van der Waals surface area contributed by atoms with Crippen LogP contribution in [0.4, 0.5) is 11.4 Å². The number of nitrogens with zero attached hydrogens (tertiary/aromatic N) is 1. The van der Waals surface area contributed by atoms with E-state index in [0.717, 1.165) is 19.4 Å². The van der Waals surface area contributed by atoms with Gasteiger partial charge < -0.3 is 10.6 Å². The number of nitro benzene ring substituents is 1. The number of amides is 1. The SMILES string of the molecule is CCC1(C(=O)Nc2ccc([N+](=O)[O-])c(Cl)c2)CCNC1. The van der Waals surface area contributed by atoms with Crippen LogP contribution in [0.3, 0.4) is 0 Å². The molecular formula is C13H16ClN3O3. The van der Waals surface area contributed by atoms with Crippen LogP contribution < -0.4 is 10.6 Å². The van der Waals surface area contributed by atoms with E-state index in [2.05, 4.69) is 10.6 Å². The number of hydrogen-bond donors (Lipinski definition) is 2. The second kappa shape index (κ2) is 5.76. The summed E-state index contributed by atoms with van der Waals surface area (Å²) in [5, 5.41) is 16.7. The molecule has 1 saturated heterocycles. The molecule has 1 amide bonds. The summed E-state index contributed by atoms with van der Waals surface area (Å²) < 4.78 is 0. The second-order valence-corrected chi connectivity index (χ2v) is 5.35. The predicted molar refractivity (Wildman–Crippen MR) is 76.9 cm³/mol.